The first-order valence-corrected chi connectivity index (χ1v) is 7.13. The number of rotatable bonds is 3. The van der Waals surface area contributed by atoms with Crippen molar-refractivity contribution in [3.63, 3.8) is 0 Å². The fourth-order valence-corrected chi connectivity index (χ4v) is 3.60. The number of hydrogen-bond donors (Lipinski definition) is 1. The van der Waals surface area contributed by atoms with Gasteiger partial charge in [-0.25, -0.2) is 0 Å². The number of nitrogens with one attached hydrogen (secondary N) is 1. The van der Waals surface area contributed by atoms with E-state index < -0.39 is 0 Å². The van der Waals surface area contributed by atoms with Gasteiger partial charge < -0.3 is 10.1 Å². The van der Waals surface area contributed by atoms with Crippen molar-refractivity contribution in [3.05, 3.63) is 11.8 Å². The summed E-state index contributed by atoms with van der Waals surface area (Å²) in [4.78, 5) is 0. The highest BCUT2D eigenvalue weighted by Crippen LogP contribution is 2.44. The first-order valence-electron chi connectivity index (χ1n) is 7.13. The molecule has 1 saturated carbocycles. The van der Waals surface area contributed by atoms with Crippen LogP contribution in [0.25, 0.3) is 0 Å². The van der Waals surface area contributed by atoms with Crippen LogP contribution in [0.2, 0.25) is 0 Å². The molecule has 0 aromatic heterocycles. The summed E-state index contributed by atoms with van der Waals surface area (Å²) in [7, 11) is 2.10. The summed E-state index contributed by atoms with van der Waals surface area (Å²) in [5.41, 5.74) is 1.95. The SMILES string of the molecule is CNC(C1=COCCC1)C1CCCCC1(C)C. The molecule has 2 atom stereocenters. The third kappa shape index (κ3) is 2.85. The maximum Gasteiger partial charge on any atom is 0.0876 e. The van der Waals surface area contributed by atoms with E-state index >= 15 is 0 Å². The van der Waals surface area contributed by atoms with E-state index in [1.807, 2.05) is 6.26 Å². The molecule has 0 spiro atoms. The molecule has 1 N–H and O–H groups in total. The zero-order chi connectivity index (χ0) is 12.3. The second-order valence-electron chi connectivity index (χ2n) is 6.27. The molecule has 0 bridgehead atoms. The van der Waals surface area contributed by atoms with Crippen LogP contribution in [0.15, 0.2) is 11.8 Å². The zero-order valence-corrected chi connectivity index (χ0v) is 11.6. The quantitative estimate of drug-likeness (QED) is 0.811. The van der Waals surface area contributed by atoms with E-state index in [0.717, 1.165) is 12.5 Å². The van der Waals surface area contributed by atoms with Crippen molar-refractivity contribution < 1.29 is 4.74 Å². The van der Waals surface area contributed by atoms with Gasteiger partial charge >= 0.3 is 0 Å². The van der Waals surface area contributed by atoms with E-state index in [9.17, 15) is 0 Å². The van der Waals surface area contributed by atoms with E-state index in [0.29, 0.717) is 11.5 Å². The third-order valence-electron chi connectivity index (χ3n) is 4.67. The van der Waals surface area contributed by atoms with Gasteiger partial charge in [-0.15, -0.1) is 0 Å². The molecule has 2 nitrogen and oxygen atoms in total. The zero-order valence-electron chi connectivity index (χ0n) is 11.6. The standard InChI is InChI=1S/C15H27NO/c1-15(2)9-5-4-8-13(15)14(16-3)12-7-6-10-17-11-12/h11,13-14,16H,4-10H2,1-3H3. The molecule has 0 radical (unpaired) electrons. The van der Waals surface area contributed by atoms with Crippen molar-refractivity contribution in [3.8, 4) is 0 Å². The van der Waals surface area contributed by atoms with Gasteiger partial charge in [0.1, 0.15) is 0 Å². The number of hydrogen-bond acceptors (Lipinski definition) is 2. The normalized spacial score (nSPS) is 30.3. The second-order valence-corrected chi connectivity index (χ2v) is 6.27. The average Bonchev–Trinajstić information content (AvgIpc) is 2.33. The van der Waals surface area contributed by atoms with Crippen molar-refractivity contribution in [2.24, 2.45) is 11.3 Å². The summed E-state index contributed by atoms with van der Waals surface area (Å²) in [6.45, 7) is 5.77. The van der Waals surface area contributed by atoms with Gasteiger partial charge in [0.05, 0.1) is 12.9 Å². The van der Waals surface area contributed by atoms with Crippen molar-refractivity contribution in [1.29, 1.82) is 0 Å². The molecule has 0 aromatic rings. The van der Waals surface area contributed by atoms with Crippen molar-refractivity contribution in [2.75, 3.05) is 13.7 Å². The topological polar surface area (TPSA) is 21.3 Å². The minimum atomic E-state index is 0.463. The fourth-order valence-electron chi connectivity index (χ4n) is 3.60. The lowest BCUT2D eigenvalue weighted by Crippen LogP contribution is -2.45. The molecular formula is C15H27NO. The molecular weight excluding hydrogens is 210 g/mol. The molecule has 2 aliphatic rings. The van der Waals surface area contributed by atoms with E-state index in [2.05, 4.69) is 26.2 Å². The molecule has 1 heterocycles. The van der Waals surface area contributed by atoms with Gasteiger partial charge in [-0.05, 0) is 49.6 Å². The Morgan fingerprint density at radius 1 is 1.35 bits per heavy atom. The van der Waals surface area contributed by atoms with Crippen molar-refractivity contribution in [1.82, 2.24) is 5.32 Å². The highest BCUT2D eigenvalue weighted by atomic mass is 16.5. The largest absolute Gasteiger partial charge is 0.501 e. The lowest BCUT2D eigenvalue weighted by molar-refractivity contribution is 0.106. The predicted molar refractivity (Wildman–Crippen MR) is 71.9 cm³/mol. The van der Waals surface area contributed by atoms with Gasteiger partial charge in [-0.3, -0.25) is 0 Å². The van der Waals surface area contributed by atoms with Crippen LogP contribution in [0.4, 0.5) is 0 Å². The highest BCUT2D eigenvalue weighted by Gasteiger charge is 2.38. The summed E-state index contributed by atoms with van der Waals surface area (Å²) < 4.78 is 5.52. The Kier molecular flexibility index (Phi) is 4.13. The molecule has 1 fully saturated rings. The second kappa shape index (κ2) is 5.43. The van der Waals surface area contributed by atoms with E-state index in [1.165, 1.54) is 44.1 Å². The van der Waals surface area contributed by atoms with Crippen LogP contribution in [-0.4, -0.2) is 19.7 Å². The summed E-state index contributed by atoms with van der Waals surface area (Å²) >= 11 is 0. The van der Waals surface area contributed by atoms with Crippen LogP contribution in [0.3, 0.4) is 0 Å². The third-order valence-corrected chi connectivity index (χ3v) is 4.67. The highest BCUT2D eigenvalue weighted by molar-refractivity contribution is 5.14. The van der Waals surface area contributed by atoms with Crippen LogP contribution < -0.4 is 5.32 Å². The van der Waals surface area contributed by atoms with Crippen LogP contribution in [0.5, 0.6) is 0 Å². The molecule has 2 rings (SSSR count). The summed E-state index contributed by atoms with van der Waals surface area (Å²) in [5, 5.41) is 3.55. The van der Waals surface area contributed by atoms with Crippen LogP contribution >= 0.6 is 0 Å². The first kappa shape index (κ1) is 12.9. The maximum absolute atomic E-state index is 5.52. The summed E-state index contributed by atoms with van der Waals surface area (Å²) in [5.74, 6) is 0.759. The maximum atomic E-state index is 5.52. The Hall–Kier alpha value is -0.500. The first-order chi connectivity index (χ1) is 8.15. The minimum Gasteiger partial charge on any atom is -0.501 e. The molecule has 1 aliphatic heterocycles. The number of ether oxygens (including phenoxy) is 1. The molecule has 2 unspecified atom stereocenters. The van der Waals surface area contributed by atoms with Gasteiger partial charge in [0, 0.05) is 6.04 Å². The van der Waals surface area contributed by atoms with E-state index in [-0.39, 0.29) is 0 Å². The lowest BCUT2D eigenvalue weighted by atomic mass is 9.64. The Labute approximate surface area is 106 Å². The monoisotopic (exact) mass is 237 g/mol. The number of likely N-dealkylation sites (N-methyl/N-ethyl adjacent to an activating group) is 1. The fraction of sp³-hybridized carbons (Fsp3) is 0.867. The van der Waals surface area contributed by atoms with Crippen LogP contribution in [0, 0.1) is 11.3 Å². The van der Waals surface area contributed by atoms with E-state index in [1.54, 1.807) is 0 Å². The predicted octanol–water partition coefficient (Wildman–Crippen LogP) is 3.49. The Balaban J connectivity index is 2.13. The van der Waals surface area contributed by atoms with Gasteiger partial charge in [-0.1, -0.05) is 26.7 Å². The van der Waals surface area contributed by atoms with Gasteiger partial charge in [0.15, 0.2) is 0 Å². The van der Waals surface area contributed by atoms with E-state index in [4.69, 9.17) is 4.74 Å². The van der Waals surface area contributed by atoms with Crippen molar-refractivity contribution in [2.45, 2.75) is 58.4 Å². The molecule has 1 aliphatic carbocycles. The van der Waals surface area contributed by atoms with Gasteiger partial charge in [0.2, 0.25) is 0 Å². The van der Waals surface area contributed by atoms with Crippen LogP contribution in [-0.2, 0) is 4.74 Å². The average molecular weight is 237 g/mol. The minimum absolute atomic E-state index is 0.463. The van der Waals surface area contributed by atoms with Gasteiger partial charge in [0.25, 0.3) is 0 Å². The lowest BCUT2D eigenvalue weighted by Gasteiger charge is -2.44. The molecule has 0 amide bonds. The van der Waals surface area contributed by atoms with Gasteiger partial charge in [-0.2, -0.15) is 0 Å². The molecule has 0 aromatic carbocycles. The molecule has 17 heavy (non-hydrogen) atoms. The Bertz CT molecular complexity index is 283. The Morgan fingerprint density at radius 3 is 2.76 bits per heavy atom. The molecule has 2 heteroatoms. The summed E-state index contributed by atoms with van der Waals surface area (Å²) in [6, 6.07) is 0.519. The summed E-state index contributed by atoms with van der Waals surface area (Å²) in [6.07, 6.45) is 9.92. The molecule has 98 valence electrons. The van der Waals surface area contributed by atoms with Crippen molar-refractivity contribution >= 4 is 0 Å². The Morgan fingerprint density at radius 2 is 2.18 bits per heavy atom. The van der Waals surface area contributed by atoms with Crippen LogP contribution in [0.1, 0.15) is 52.4 Å². The molecule has 0 saturated heterocycles. The smallest absolute Gasteiger partial charge is 0.0876 e.